The first-order chi connectivity index (χ1) is 15.1. The molecule has 1 N–H and O–H groups in total. The lowest BCUT2D eigenvalue weighted by atomic mass is 10.1. The van der Waals surface area contributed by atoms with Gasteiger partial charge in [0.1, 0.15) is 5.70 Å². The molecule has 3 aromatic carbocycles. The maximum Gasteiger partial charge on any atom is 0.276 e. The molecule has 0 aromatic heterocycles. The minimum Gasteiger partial charge on any atom is -0.298 e. The van der Waals surface area contributed by atoms with E-state index in [1.165, 1.54) is 22.9 Å². The molecular formula is C24H19BrN4OS. The Balaban J connectivity index is 1.56. The second kappa shape index (κ2) is 8.32. The van der Waals surface area contributed by atoms with Crippen molar-refractivity contribution in [1.29, 1.82) is 0 Å². The van der Waals surface area contributed by atoms with E-state index >= 15 is 0 Å². The van der Waals surface area contributed by atoms with Crippen LogP contribution in [0.2, 0.25) is 0 Å². The molecule has 2 aliphatic rings. The largest absolute Gasteiger partial charge is 0.298 e. The van der Waals surface area contributed by atoms with Crippen LogP contribution >= 0.6 is 27.7 Å². The standard InChI is InChI=1S/C24H19BrN4OS/c1-15-10-12-16(13-11-15)14-31-24-27-23(30)21-18-7-3-5-9-20(18)26-22(29(21)28-24)17-6-2-4-8-19(17)25/h2-13,22H,14H2,1H3,(H,27,28,30)/t22-/m0/s1. The summed E-state index contributed by atoms with van der Waals surface area (Å²) in [6.07, 6.45) is -0.429. The van der Waals surface area contributed by atoms with Gasteiger partial charge in [0.15, 0.2) is 11.3 Å². The Morgan fingerprint density at radius 2 is 1.77 bits per heavy atom. The molecule has 2 aliphatic heterocycles. The molecule has 0 unspecified atom stereocenters. The van der Waals surface area contributed by atoms with Crippen LogP contribution in [-0.2, 0) is 10.5 Å². The highest BCUT2D eigenvalue weighted by Gasteiger charge is 2.35. The van der Waals surface area contributed by atoms with E-state index in [1.807, 2.05) is 48.5 Å². The molecule has 0 spiro atoms. The molecule has 0 fully saturated rings. The summed E-state index contributed by atoms with van der Waals surface area (Å²) in [6.45, 7) is 2.07. The highest BCUT2D eigenvalue weighted by Crippen LogP contribution is 2.34. The molecule has 2 heterocycles. The van der Waals surface area contributed by atoms with Gasteiger partial charge in [-0.2, -0.15) is 0 Å². The van der Waals surface area contributed by atoms with Gasteiger partial charge in [-0.25, -0.2) is 5.01 Å². The van der Waals surface area contributed by atoms with E-state index in [1.54, 1.807) is 5.01 Å². The number of amides is 1. The minimum absolute atomic E-state index is 0.166. The number of hydrazone groups is 1. The van der Waals surface area contributed by atoms with E-state index in [4.69, 9.17) is 10.1 Å². The van der Waals surface area contributed by atoms with E-state index in [2.05, 4.69) is 52.4 Å². The molecule has 0 bridgehead atoms. The van der Waals surface area contributed by atoms with Gasteiger partial charge in [-0.15, -0.1) is 5.10 Å². The third-order valence-corrected chi connectivity index (χ3v) is 6.85. The Hall–Kier alpha value is -2.90. The van der Waals surface area contributed by atoms with Crippen molar-refractivity contribution in [2.75, 3.05) is 0 Å². The number of nitrogens with one attached hydrogen (secondary N) is 1. The van der Waals surface area contributed by atoms with Crippen LogP contribution in [0.15, 0.2) is 87.4 Å². The number of carbonyl (C=O) groups excluding carboxylic acids is 1. The molecule has 0 saturated heterocycles. The zero-order valence-electron chi connectivity index (χ0n) is 16.7. The van der Waals surface area contributed by atoms with Crippen LogP contribution in [0.3, 0.4) is 0 Å². The Morgan fingerprint density at radius 1 is 1.03 bits per heavy atom. The van der Waals surface area contributed by atoms with Crippen LogP contribution in [0.25, 0.3) is 5.70 Å². The summed E-state index contributed by atoms with van der Waals surface area (Å²) in [5, 5.41) is 11.7. The number of rotatable bonds is 3. The van der Waals surface area contributed by atoms with Crippen molar-refractivity contribution < 1.29 is 4.79 Å². The number of halogens is 1. The summed E-state index contributed by atoms with van der Waals surface area (Å²) in [5.41, 5.74) is 3.88. The molecule has 0 radical (unpaired) electrons. The van der Waals surface area contributed by atoms with Gasteiger partial charge in [-0.3, -0.25) is 15.1 Å². The van der Waals surface area contributed by atoms with Gasteiger partial charge in [0.25, 0.3) is 5.91 Å². The Labute approximate surface area is 192 Å². The number of fused-ring (bicyclic) bond motifs is 2. The molecule has 0 aliphatic carbocycles. The number of nitrogens with zero attached hydrogens (tertiary/aromatic N) is 3. The first-order valence-corrected chi connectivity index (χ1v) is 11.7. The number of aryl methyl sites for hydroxylation is 1. The zero-order chi connectivity index (χ0) is 21.4. The van der Waals surface area contributed by atoms with Crippen molar-refractivity contribution in [2.45, 2.75) is 18.8 Å². The van der Waals surface area contributed by atoms with E-state index < -0.39 is 6.17 Å². The molecule has 154 valence electrons. The third-order valence-electron chi connectivity index (χ3n) is 5.19. The molecule has 5 nitrogen and oxygen atoms in total. The fraction of sp³-hybridized carbons (Fsp3) is 0.125. The van der Waals surface area contributed by atoms with Crippen LogP contribution in [0.4, 0.5) is 0 Å². The maximum atomic E-state index is 13.2. The van der Waals surface area contributed by atoms with Crippen molar-refractivity contribution in [3.05, 3.63) is 105 Å². The number of para-hydroxylation sites is 1. The first kappa shape index (κ1) is 20.0. The van der Waals surface area contributed by atoms with Crippen LogP contribution in [0.1, 0.15) is 22.9 Å². The van der Waals surface area contributed by atoms with Crippen molar-refractivity contribution in [2.24, 2.45) is 10.1 Å². The second-order valence-corrected chi connectivity index (χ2v) is 9.19. The summed E-state index contributed by atoms with van der Waals surface area (Å²) < 4.78 is 0.928. The number of hydrogen-bond acceptors (Lipinski definition) is 5. The van der Waals surface area contributed by atoms with Crippen molar-refractivity contribution in [1.82, 2.24) is 10.3 Å². The summed E-state index contributed by atoms with van der Waals surface area (Å²) in [7, 11) is 0. The maximum absolute atomic E-state index is 13.2. The van der Waals surface area contributed by atoms with Gasteiger partial charge >= 0.3 is 0 Å². The van der Waals surface area contributed by atoms with Gasteiger partial charge < -0.3 is 0 Å². The van der Waals surface area contributed by atoms with E-state index in [-0.39, 0.29) is 5.91 Å². The summed E-state index contributed by atoms with van der Waals surface area (Å²) >= 11 is 5.14. The summed E-state index contributed by atoms with van der Waals surface area (Å²) in [6, 6.07) is 24.0. The highest BCUT2D eigenvalue weighted by atomic mass is 79.9. The van der Waals surface area contributed by atoms with Gasteiger partial charge in [0.05, 0.1) is 5.36 Å². The van der Waals surface area contributed by atoms with Crippen molar-refractivity contribution >= 4 is 44.5 Å². The van der Waals surface area contributed by atoms with E-state index in [0.717, 1.165) is 26.4 Å². The van der Waals surface area contributed by atoms with E-state index in [9.17, 15) is 4.79 Å². The minimum atomic E-state index is -0.429. The lowest BCUT2D eigenvalue weighted by Crippen LogP contribution is -2.50. The van der Waals surface area contributed by atoms with Gasteiger partial charge in [0, 0.05) is 21.0 Å². The summed E-state index contributed by atoms with van der Waals surface area (Å²) in [4.78, 5) is 18.1. The lowest BCUT2D eigenvalue weighted by molar-refractivity contribution is -0.116. The molecular weight excluding hydrogens is 472 g/mol. The quantitative estimate of drug-likeness (QED) is 0.606. The average molecular weight is 491 g/mol. The smallest absolute Gasteiger partial charge is 0.276 e. The Bertz CT molecular complexity index is 1320. The van der Waals surface area contributed by atoms with Crippen LogP contribution in [0, 0.1) is 6.92 Å². The lowest BCUT2D eigenvalue weighted by Gasteiger charge is -2.34. The molecule has 31 heavy (non-hydrogen) atoms. The van der Waals surface area contributed by atoms with Crippen LogP contribution in [0.5, 0.6) is 0 Å². The van der Waals surface area contributed by atoms with Crippen molar-refractivity contribution in [3.63, 3.8) is 0 Å². The number of benzene rings is 3. The van der Waals surface area contributed by atoms with Crippen molar-refractivity contribution in [3.8, 4) is 0 Å². The molecule has 5 rings (SSSR count). The summed E-state index contributed by atoms with van der Waals surface area (Å²) in [5.74, 6) is 0.552. The molecule has 1 atom stereocenters. The molecule has 0 saturated carbocycles. The molecule has 1 amide bonds. The Kier molecular flexibility index (Phi) is 5.38. The molecule has 3 aromatic rings. The predicted molar refractivity (Wildman–Crippen MR) is 127 cm³/mol. The first-order valence-electron chi connectivity index (χ1n) is 9.89. The normalized spacial score (nSPS) is 17.3. The van der Waals surface area contributed by atoms with Crippen LogP contribution in [-0.4, -0.2) is 16.1 Å². The SMILES string of the molecule is Cc1ccc(CSC2=NN3C(=c4ccccc4=N[C@@H]3c3ccccc3Br)C(=O)N2)cc1. The number of hydrogen-bond donors (Lipinski definition) is 1. The highest BCUT2D eigenvalue weighted by molar-refractivity contribution is 9.10. The van der Waals surface area contributed by atoms with Crippen LogP contribution < -0.4 is 15.9 Å². The van der Waals surface area contributed by atoms with Gasteiger partial charge in [-0.05, 0) is 24.6 Å². The average Bonchev–Trinajstić information content (AvgIpc) is 2.78. The second-order valence-electron chi connectivity index (χ2n) is 7.37. The zero-order valence-corrected chi connectivity index (χ0v) is 19.2. The Morgan fingerprint density at radius 3 is 2.58 bits per heavy atom. The topological polar surface area (TPSA) is 57.1 Å². The van der Waals surface area contributed by atoms with Gasteiger partial charge in [0.2, 0.25) is 0 Å². The molecule has 7 heteroatoms. The number of carbonyl (C=O) groups is 1. The number of amidine groups is 1. The third kappa shape index (κ3) is 3.91. The number of thioether (sulfide) groups is 1. The monoisotopic (exact) mass is 490 g/mol. The van der Waals surface area contributed by atoms with Gasteiger partial charge in [-0.1, -0.05) is 93.9 Å². The predicted octanol–water partition coefficient (Wildman–Crippen LogP) is 3.83. The van der Waals surface area contributed by atoms with E-state index in [0.29, 0.717) is 10.9 Å². The fourth-order valence-electron chi connectivity index (χ4n) is 3.62. The fourth-order valence-corrected chi connectivity index (χ4v) is 4.91.